The smallest absolute Gasteiger partial charge is 0.237 e. The minimum absolute atomic E-state index is 0.0637. The van der Waals surface area contributed by atoms with E-state index in [4.69, 9.17) is 0 Å². The first kappa shape index (κ1) is 22.1. The van der Waals surface area contributed by atoms with E-state index in [0.29, 0.717) is 5.69 Å². The van der Waals surface area contributed by atoms with Crippen molar-refractivity contribution < 1.29 is 14.4 Å². The van der Waals surface area contributed by atoms with Gasteiger partial charge in [-0.15, -0.1) is 11.3 Å². The van der Waals surface area contributed by atoms with Crippen LogP contribution in [0.2, 0.25) is 0 Å². The van der Waals surface area contributed by atoms with Crippen molar-refractivity contribution in [2.45, 2.75) is 43.9 Å². The van der Waals surface area contributed by atoms with Gasteiger partial charge < -0.3 is 5.32 Å². The van der Waals surface area contributed by atoms with Gasteiger partial charge in [-0.1, -0.05) is 30.7 Å². The molecule has 2 heterocycles. The molecule has 1 saturated carbocycles. The largest absolute Gasteiger partial charge is 0.325 e. The monoisotopic (exact) mass is 479 g/mol. The van der Waals surface area contributed by atoms with Gasteiger partial charge in [-0.2, -0.15) is 0 Å². The lowest BCUT2D eigenvalue weighted by Gasteiger charge is -2.19. The predicted octanol–water partition coefficient (Wildman–Crippen LogP) is 5.32. The van der Waals surface area contributed by atoms with Crippen LogP contribution in [0.1, 0.15) is 36.8 Å². The molecule has 0 spiro atoms. The van der Waals surface area contributed by atoms with Crippen LogP contribution in [0.5, 0.6) is 0 Å². The van der Waals surface area contributed by atoms with E-state index in [9.17, 15) is 14.4 Å². The fourth-order valence-corrected chi connectivity index (χ4v) is 6.55. The maximum absolute atomic E-state index is 12.9. The zero-order valence-corrected chi connectivity index (χ0v) is 20.2. The third-order valence-corrected chi connectivity index (χ3v) is 8.73. The van der Waals surface area contributed by atoms with Crippen LogP contribution in [0.15, 0.2) is 40.7 Å². The van der Waals surface area contributed by atoms with Crippen LogP contribution in [-0.2, 0) is 14.4 Å². The van der Waals surface area contributed by atoms with Crippen molar-refractivity contribution in [1.29, 1.82) is 0 Å². The quantitative estimate of drug-likeness (QED) is 0.396. The second kappa shape index (κ2) is 8.91. The highest BCUT2D eigenvalue weighted by molar-refractivity contribution is 8.01. The van der Waals surface area contributed by atoms with Crippen molar-refractivity contribution in [1.82, 2.24) is 4.98 Å². The third kappa shape index (κ3) is 4.29. The second-order valence-electron chi connectivity index (χ2n) is 8.78. The van der Waals surface area contributed by atoms with E-state index in [0.717, 1.165) is 51.5 Å². The summed E-state index contributed by atoms with van der Waals surface area (Å²) in [6.07, 6.45) is 3.64. The van der Waals surface area contributed by atoms with Crippen LogP contribution in [0, 0.1) is 25.7 Å². The summed E-state index contributed by atoms with van der Waals surface area (Å²) in [5.74, 6) is -0.279. The summed E-state index contributed by atoms with van der Waals surface area (Å²) in [6.45, 7) is 4.06. The number of carbonyl (C=O) groups excluding carboxylic acids is 3. The fourth-order valence-electron chi connectivity index (χ4n) is 4.65. The van der Waals surface area contributed by atoms with Crippen LogP contribution in [0.25, 0.3) is 10.2 Å². The van der Waals surface area contributed by atoms with E-state index in [-0.39, 0.29) is 35.3 Å². The Hall–Kier alpha value is -2.71. The van der Waals surface area contributed by atoms with Gasteiger partial charge in [0, 0.05) is 5.69 Å². The second-order valence-corrected chi connectivity index (χ2v) is 11.0. The molecule has 170 valence electrons. The number of hydrogen-bond acceptors (Lipinski definition) is 6. The van der Waals surface area contributed by atoms with Crippen LogP contribution < -0.4 is 10.2 Å². The normalized spacial score (nSPS) is 20.4. The van der Waals surface area contributed by atoms with Crippen molar-refractivity contribution in [3.63, 3.8) is 0 Å². The summed E-state index contributed by atoms with van der Waals surface area (Å²) in [7, 11) is 0. The number of aryl methyl sites for hydroxylation is 2. The number of nitrogens with one attached hydrogen (secondary N) is 1. The molecule has 1 aliphatic carbocycles. The third-order valence-electron chi connectivity index (χ3n) is 6.57. The Labute approximate surface area is 200 Å². The minimum atomic E-state index is -0.162. The number of fused-ring (bicyclic) bond motifs is 2. The van der Waals surface area contributed by atoms with Crippen molar-refractivity contribution in [2.75, 3.05) is 16.0 Å². The number of hydrogen-bond donors (Lipinski definition) is 1. The van der Waals surface area contributed by atoms with E-state index in [1.807, 2.05) is 44.2 Å². The molecule has 8 heteroatoms. The van der Waals surface area contributed by atoms with Gasteiger partial charge in [0.05, 0.1) is 33.5 Å². The molecule has 3 amide bonds. The number of carbonyl (C=O) groups is 3. The molecule has 2 aliphatic rings. The Morgan fingerprint density at radius 1 is 1.06 bits per heavy atom. The summed E-state index contributed by atoms with van der Waals surface area (Å²) >= 11 is 2.86. The average molecular weight is 480 g/mol. The van der Waals surface area contributed by atoms with Gasteiger partial charge >= 0.3 is 0 Å². The molecular formula is C25H25N3O3S2. The Morgan fingerprint density at radius 3 is 2.48 bits per heavy atom. The maximum atomic E-state index is 12.9. The zero-order valence-electron chi connectivity index (χ0n) is 18.6. The Balaban J connectivity index is 1.27. The van der Waals surface area contributed by atoms with Gasteiger partial charge in [0.15, 0.2) is 4.34 Å². The van der Waals surface area contributed by atoms with Gasteiger partial charge in [0.2, 0.25) is 17.7 Å². The number of anilines is 2. The first-order valence-electron chi connectivity index (χ1n) is 11.2. The molecule has 1 aliphatic heterocycles. The molecule has 1 N–H and O–H groups in total. The van der Waals surface area contributed by atoms with Crippen LogP contribution in [0.4, 0.5) is 11.4 Å². The number of nitrogens with zero attached hydrogens (tertiary/aromatic N) is 2. The summed E-state index contributed by atoms with van der Waals surface area (Å²) < 4.78 is 1.69. The molecule has 2 atom stereocenters. The van der Waals surface area contributed by atoms with Gasteiger partial charge in [0.1, 0.15) is 0 Å². The fraction of sp³-hybridized carbons (Fsp3) is 0.360. The molecule has 0 bridgehead atoms. The van der Waals surface area contributed by atoms with E-state index >= 15 is 0 Å². The molecule has 3 aromatic rings. The van der Waals surface area contributed by atoms with E-state index in [1.165, 1.54) is 33.6 Å². The Kier molecular flexibility index (Phi) is 5.97. The van der Waals surface area contributed by atoms with Gasteiger partial charge in [-0.25, -0.2) is 4.98 Å². The number of thioether (sulfide) groups is 1. The SMILES string of the molecule is Cc1ccc(NC(=O)CSc2nc3ccc(N4C(=O)[C@H]5CCCC[C@@H]5C4=O)cc3s2)cc1C. The lowest BCUT2D eigenvalue weighted by Crippen LogP contribution is -2.30. The number of amides is 3. The van der Waals surface area contributed by atoms with Crippen molar-refractivity contribution in [3.05, 3.63) is 47.5 Å². The number of rotatable bonds is 5. The van der Waals surface area contributed by atoms with Crippen LogP contribution >= 0.6 is 23.1 Å². The van der Waals surface area contributed by atoms with E-state index in [1.54, 1.807) is 6.07 Å². The highest BCUT2D eigenvalue weighted by Gasteiger charge is 2.48. The molecule has 2 aromatic carbocycles. The highest BCUT2D eigenvalue weighted by atomic mass is 32.2. The minimum Gasteiger partial charge on any atom is -0.325 e. The molecule has 33 heavy (non-hydrogen) atoms. The van der Waals surface area contributed by atoms with Crippen LogP contribution in [0.3, 0.4) is 0 Å². The Morgan fingerprint density at radius 2 is 1.79 bits per heavy atom. The molecule has 6 nitrogen and oxygen atoms in total. The van der Waals surface area contributed by atoms with E-state index in [2.05, 4.69) is 10.3 Å². The highest BCUT2D eigenvalue weighted by Crippen LogP contribution is 2.41. The van der Waals surface area contributed by atoms with Crippen molar-refractivity contribution in [2.24, 2.45) is 11.8 Å². The summed E-state index contributed by atoms with van der Waals surface area (Å²) in [5, 5.41) is 2.93. The van der Waals surface area contributed by atoms with Crippen molar-refractivity contribution in [3.8, 4) is 0 Å². The molecule has 5 rings (SSSR count). The number of aromatic nitrogens is 1. The summed E-state index contributed by atoms with van der Waals surface area (Å²) in [5.41, 5.74) is 4.54. The Bertz CT molecular complexity index is 1250. The summed E-state index contributed by atoms with van der Waals surface area (Å²) in [6, 6.07) is 11.4. The van der Waals surface area contributed by atoms with Gasteiger partial charge in [-0.05, 0) is 68.1 Å². The molecule has 1 saturated heterocycles. The molecule has 0 radical (unpaired) electrons. The first-order chi connectivity index (χ1) is 15.9. The number of imide groups is 1. The van der Waals surface area contributed by atoms with Gasteiger partial charge in [-0.3, -0.25) is 19.3 Å². The van der Waals surface area contributed by atoms with Crippen LogP contribution in [-0.4, -0.2) is 28.5 Å². The number of benzene rings is 2. The van der Waals surface area contributed by atoms with Crippen molar-refractivity contribution >= 4 is 62.4 Å². The lowest BCUT2D eigenvalue weighted by molar-refractivity contribution is -0.122. The average Bonchev–Trinajstić information content (AvgIpc) is 3.33. The number of thiazole rings is 1. The molecule has 0 unspecified atom stereocenters. The molecule has 1 aromatic heterocycles. The topological polar surface area (TPSA) is 79.4 Å². The lowest BCUT2D eigenvalue weighted by atomic mass is 9.81. The molecule has 2 fully saturated rings. The zero-order chi connectivity index (χ0) is 23.1. The van der Waals surface area contributed by atoms with E-state index < -0.39 is 0 Å². The molecular weight excluding hydrogens is 454 g/mol. The summed E-state index contributed by atoms with van der Waals surface area (Å²) in [4.78, 5) is 44.2. The van der Waals surface area contributed by atoms with Gasteiger partial charge in [0.25, 0.3) is 0 Å². The first-order valence-corrected chi connectivity index (χ1v) is 13.0. The predicted molar refractivity (Wildman–Crippen MR) is 133 cm³/mol. The maximum Gasteiger partial charge on any atom is 0.237 e. The standard InChI is InChI=1S/C25H25N3O3S2/c1-14-7-8-16(11-15(14)2)26-22(29)13-32-25-27-20-10-9-17(12-21(20)33-25)28-23(30)18-5-3-4-6-19(18)24(28)31/h7-12,18-19H,3-6,13H2,1-2H3,(H,26,29)/t18-,19-/m0/s1.